The van der Waals surface area contributed by atoms with Crippen LogP contribution in [0, 0.1) is 5.41 Å². The second-order valence-electron chi connectivity index (χ2n) is 10.1. The molecule has 1 spiro atoms. The molecule has 0 atom stereocenters. The molecule has 0 unspecified atom stereocenters. The van der Waals surface area contributed by atoms with Crippen LogP contribution in [0.25, 0.3) is 6.08 Å². The number of benzene rings is 2. The van der Waals surface area contributed by atoms with Gasteiger partial charge in [-0.15, -0.1) is 0 Å². The number of allylic oxidation sites excluding steroid dienone is 2. The SMILES string of the molecule is COc1cccc(C2=NOC3(CCN(C(=O)/C=C(\C=C\c4ccccc4)C(C)(C)C)CC3)C2)c1. The van der Waals surface area contributed by atoms with Crippen LogP contribution in [0.3, 0.4) is 0 Å². The average Bonchev–Trinajstić information content (AvgIpc) is 3.25. The van der Waals surface area contributed by atoms with Crippen molar-refractivity contribution in [2.24, 2.45) is 10.6 Å². The number of ether oxygens (including phenoxy) is 1. The molecule has 1 saturated heterocycles. The van der Waals surface area contributed by atoms with Gasteiger partial charge in [-0.05, 0) is 28.7 Å². The van der Waals surface area contributed by atoms with Crippen molar-refractivity contribution >= 4 is 17.7 Å². The van der Waals surface area contributed by atoms with Gasteiger partial charge in [0.2, 0.25) is 5.91 Å². The van der Waals surface area contributed by atoms with Gasteiger partial charge in [0.25, 0.3) is 0 Å². The summed E-state index contributed by atoms with van der Waals surface area (Å²) in [4.78, 5) is 21.0. The molecule has 2 aromatic rings. The summed E-state index contributed by atoms with van der Waals surface area (Å²) in [6.07, 6.45) is 8.23. The minimum Gasteiger partial charge on any atom is -0.497 e. The number of likely N-dealkylation sites (tertiary alicyclic amines) is 1. The third-order valence-corrected chi connectivity index (χ3v) is 6.63. The highest BCUT2D eigenvalue weighted by molar-refractivity contribution is 6.02. The molecule has 0 aromatic heterocycles. The normalized spacial score (nSPS) is 18.2. The lowest BCUT2D eigenvalue weighted by atomic mass is 9.84. The zero-order valence-electron chi connectivity index (χ0n) is 20.6. The molecule has 0 radical (unpaired) electrons. The molecule has 1 amide bonds. The molecule has 178 valence electrons. The number of hydrogen-bond acceptors (Lipinski definition) is 4. The van der Waals surface area contributed by atoms with E-state index in [4.69, 9.17) is 9.57 Å². The van der Waals surface area contributed by atoms with E-state index in [9.17, 15) is 4.79 Å². The molecule has 0 saturated carbocycles. The van der Waals surface area contributed by atoms with Crippen LogP contribution in [0.5, 0.6) is 5.75 Å². The molecule has 0 bridgehead atoms. The Labute approximate surface area is 202 Å². The first-order valence-corrected chi connectivity index (χ1v) is 11.9. The van der Waals surface area contributed by atoms with Crippen LogP contribution in [-0.2, 0) is 9.63 Å². The van der Waals surface area contributed by atoms with E-state index in [2.05, 4.69) is 50.2 Å². The topological polar surface area (TPSA) is 51.1 Å². The number of methoxy groups -OCH3 is 1. The average molecular weight is 459 g/mol. The molecule has 2 heterocycles. The van der Waals surface area contributed by atoms with E-state index < -0.39 is 0 Å². The molecule has 5 heteroatoms. The van der Waals surface area contributed by atoms with Crippen molar-refractivity contribution in [1.29, 1.82) is 0 Å². The summed E-state index contributed by atoms with van der Waals surface area (Å²) in [7, 11) is 1.66. The van der Waals surface area contributed by atoms with Crippen LogP contribution < -0.4 is 4.74 Å². The second kappa shape index (κ2) is 9.88. The van der Waals surface area contributed by atoms with E-state index in [1.54, 1.807) is 13.2 Å². The molecule has 34 heavy (non-hydrogen) atoms. The van der Waals surface area contributed by atoms with Gasteiger partial charge in [-0.3, -0.25) is 4.79 Å². The highest BCUT2D eigenvalue weighted by Crippen LogP contribution is 2.37. The quantitative estimate of drug-likeness (QED) is 0.416. The van der Waals surface area contributed by atoms with Crippen molar-refractivity contribution < 1.29 is 14.4 Å². The van der Waals surface area contributed by atoms with E-state index in [1.807, 2.05) is 47.4 Å². The Kier molecular flexibility index (Phi) is 6.92. The smallest absolute Gasteiger partial charge is 0.246 e. The fourth-order valence-corrected chi connectivity index (χ4v) is 4.37. The fourth-order valence-electron chi connectivity index (χ4n) is 4.37. The van der Waals surface area contributed by atoms with Crippen LogP contribution in [0.15, 0.2) is 77.5 Å². The summed E-state index contributed by atoms with van der Waals surface area (Å²) >= 11 is 0. The Hall–Kier alpha value is -3.34. The lowest BCUT2D eigenvalue weighted by molar-refractivity contribution is -0.131. The summed E-state index contributed by atoms with van der Waals surface area (Å²) in [5, 5.41) is 4.40. The standard InChI is InChI=1S/C29H34N2O3/c1-28(2,3)24(14-13-22-9-6-5-7-10-22)20-27(32)31-17-15-29(16-18-31)21-26(30-34-29)23-11-8-12-25(19-23)33-4/h5-14,19-20H,15-18,21H2,1-4H3/b14-13+,24-20+. The number of hydrogen-bond donors (Lipinski definition) is 0. The maximum absolute atomic E-state index is 13.2. The van der Waals surface area contributed by atoms with Crippen molar-refractivity contribution in [2.75, 3.05) is 20.2 Å². The van der Waals surface area contributed by atoms with Gasteiger partial charge in [-0.25, -0.2) is 0 Å². The van der Waals surface area contributed by atoms with Crippen molar-refractivity contribution in [3.05, 3.63) is 83.4 Å². The molecule has 0 aliphatic carbocycles. The van der Waals surface area contributed by atoms with Gasteiger partial charge in [0, 0.05) is 44.0 Å². The largest absolute Gasteiger partial charge is 0.497 e. The Morgan fingerprint density at radius 1 is 1.09 bits per heavy atom. The van der Waals surface area contributed by atoms with Crippen LogP contribution in [0.1, 0.15) is 51.2 Å². The Bertz CT molecular complexity index is 1100. The third-order valence-electron chi connectivity index (χ3n) is 6.63. The predicted molar refractivity (Wildman–Crippen MR) is 137 cm³/mol. The van der Waals surface area contributed by atoms with E-state index in [0.29, 0.717) is 13.1 Å². The van der Waals surface area contributed by atoms with Crippen molar-refractivity contribution in [3.63, 3.8) is 0 Å². The molecular weight excluding hydrogens is 424 g/mol. The summed E-state index contributed by atoms with van der Waals surface area (Å²) in [5.74, 6) is 0.869. The summed E-state index contributed by atoms with van der Waals surface area (Å²) in [5.41, 5.74) is 3.65. The number of carbonyl (C=O) groups is 1. The highest BCUT2D eigenvalue weighted by Gasteiger charge is 2.43. The van der Waals surface area contributed by atoms with E-state index in [0.717, 1.165) is 47.4 Å². The number of amides is 1. The monoisotopic (exact) mass is 458 g/mol. The summed E-state index contributed by atoms with van der Waals surface area (Å²) in [6, 6.07) is 18.1. The Morgan fingerprint density at radius 2 is 1.82 bits per heavy atom. The van der Waals surface area contributed by atoms with Crippen molar-refractivity contribution in [3.8, 4) is 5.75 Å². The summed E-state index contributed by atoms with van der Waals surface area (Å²) in [6.45, 7) is 7.73. The predicted octanol–water partition coefficient (Wildman–Crippen LogP) is 5.87. The number of carbonyl (C=O) groups excluding carboxylic acids is 1. The molecule has 2 aromatic carbocycles. The number of piperidine rings is 1. The van der Waals surface area contributed by atoms with Gasteiger partial charge in [-0.1, -0.05) is 80.5 Å². The second-order valence-corrected chi connectivity index (χ2v) is 10.1. The lowest BCUT2D eigenvalue weighted by Gasteiger charge is -2.37. The molecule has 4 rings (SSSR count). The van der Waals surface area contributed by atoms with Gasteiger partial charge in [0.15, 0.2) is 0 Å². The molecule has 5 nitrogen and oxygen atoms in total. The van der Waals surface area contributed by atoms with Gasteiger partial charge < -0.3 is 14.5 Å². The van der Waals surface area contributed by atoms with Crippen LogP contribution in [0.4, 0.5) is 0 Å². The Morgan fingerprint density at radius 3 is 2.50 bits per heavy atom. The van der Waals surface area contributed by atoms with Gasteiger partial charge >= 0.3 is 0 Å². The highest BCUT2D eigenvalue weighted by atomic mass is 16.7. The van der Waals surface area contributed by atoms with Gasteiger partial charge in [0.05, 0.1) is 12.8 Å². The molecule has 1 fully saturated rings. The number of nitrogens with zero attached hydrogens (tertiary/aromatic N) is 2. The first kappa shape index (κ1) is 23.8. The summed E-state index contributed by atoms with van der Waals surface area (Å²) < 4.78 is 5.34. The first-order chi connectivity index (χ1) is 16.3. The number of rotatable bonds is 5. The minimum atomic E-state index is -0.320. The van der Waals surface area contributed by atoms with Crippen LogP contribution >= 0.6 is 0 Å². The van der Waals surface area contributed by atoms with Crippen molar-refractivity contribution in [1.82, 2.24) is 4.90 Å². The maximum atomic E-state index is 13.2. The number of oxime groups is 1. The van der Waals surface area contributed by atoms with Gasteiger partial charge in [-0.2, -0.15) is 0 Å². The van der Waals surface area contributed by atoms with Gasteiger partial charge in [0.1, 0.15) is 11.4 Å². The fraction of sp³-hybridized carbons (Fsp3) is 0.379. The Balaban J connectivity index is 1.40. The zero-order valence-corrected chi connectivity index (χ0v) is 20.6. The maximum Gasteiger partial charge on any atom is 0.246 e. The molecule has 2 aliphatic rings. The molecule has 0 N–H and O–H groups in total. The molecule has 2 aliphatic heterocycles. The van der Waals surface area contributed by atoms with Crippen LogP contribution in [0.2, 0.25) is 0 Å². The van der Waals surface area contributed by atoms with E-state index >= 15 is 0 Å². The van der Waals surface area contributed by atoms with E-state index in [1.165, 1.54) is 0 Å². The van der Waals surface area contributed by atoms with E-state index in [-0.39, 0.29) is 16.9 Å². The molecular formula is C29H34N2O3. The third kappa shape index (κ3) is 5.58. The van der Waals surface area contributed by atoms with Crippen LogP contribution in [-0.4, -0.2) is 42.3 Å². The minimum absolute atomic E-state index is 0.0596. The first-order valence-electron chi connectivity index (χ1n) is 11.9. The lowest BCUT2D eigenvalue weighted by Crippen LogP contribution is -2.46. The zero-order chi connectivity index (χ0) is 24.2. The van der Waals surface area contributed by atoms with Crippen molar-refractivity contribution in [2.45, 2.75) is 45.6 Å².